The lowest BCUT2D eigenvalue weighted by Gasteiger charge is -2.08. The minimum Gasteiger partial charge on any atom is -0.489 e. The molecule has 0 fully saturated rings. The first-order chi connectivity index (χ1) is 9.72. The molecule has 3 rings (SSSR count). The number of benzene rings is 2. The van der Waals surface area contributed by atoms with E-state index in [1.165, 1.54) is 12.1 Å². The highest BCUT2D eigenvalue weighted by Crippen LogP contribution is 2.24. The van der Waals surface area contributed by atoms with Crippen molar-refractivity contribution in [1.29, 1.82) is 0 Å². The lowest BCUT2D eigenvalue weighted by molar-refractivity contribution is 0.306. The van der Waals surface area contributed by atoms with E-state index in [1.807, 2.05) is 24.3 Å². The Morgan fingerprint density at radius 2 is 1.85 bits per heavy atom. The van der Waals surface area contributed by atoms with Gasteiger partial charge in [-0.25, -0.2) is 9.37 Å². The van der Waals surface area contributed by atoms with Crippen molar-refractivity contribution in [3.05, 3.63) is 66.1 Å². The van der Waals surface area contributed by atoms with E-state index in [2.05, 4.69) is 4.98 Å². The highest BCUT2D eigenvalue weighted by Gasteiger charge is 2.02. The third-order valence-electron chi connectivity index (χ3n) is 3.09. The van der Waals surface area contributed by atoms with Crippen LogP contribution in [0.25, 0.3) is 10.8 Å². The molecule has 0 aliphatic heterocycles. The Hall–Kier alpha value is -2.62. The normalized spacial score (nSPS) is 10.7. The van der Waals surface area contributed by atoms with E-state index in [0.717, 1.165) is 22.1 Å². The maximum atomic E-state index is 12.8. The van der Waals surface area contributed by atoms with Crippen molar-refractivity contribution in [3.8, 4) is 5.75 Å². The third kappa shape index (κ3) is 2.54. The first-order valence-corrected chi connectivity index (χ1v) is 6.24. The molecule has 0 atom stereocenters. The van der Waals surface area contributed by atoms with Gasteiger partial charge in [0, 0.05) is 11.6 Å². The first kappa shape index (κ1) is 12.4. The smallest absolute Gasteiger partial charge is 0.131 e. The molecule has 4 heteroatoms. The summed E-state index contributed by atoms with van der Waals surface area (Å²) < 4.78 is 18.5. The standard InChI is InChI=1S/C16H13FN2O/c17-13-3-1-11(2-4-13)10-20-14-5-6-15-12(9-14)7-8-19-16(15)18/h1-9H,10H2,(H2,18,19). The molecule has 1 heterocycles. The summed E-state index contributed by atoms with van der Waals surface area (Å²) in [6.45, 7) is 0.395. The van der Waals surface area contributed by atoms with Crippen LogP contribution in [0.3, 0.4) is 0 Å². The molecule has 100 valence electrons. The number of hydrogen-bond acceptors (Lipinski definition) is 3. The summed E-state index contributed by atoms with van der Waals surface area (Å²) in [5.41, 5.74) is 6.72. The summed E-state index contributed by atoms with van der Waals surface area (Å²) in [5, 5.41) is 1.88. The summed E-state index contributed by atoms with van der Waals surface area (Å²) in [4.78, 5) is 4.04. The zero-order valence-electron chi connectivity index (χ0n) is 10.7. The number of aromatic nitrogens is 1. The van der Waals surface area contributed by atoms with E-state index in [1.54, 1.807) is 18.3 Å². The van der Waals surface area contributed by atoms with Crippen molar-refractivity contribution in [2.24, 2.45) is 0 Å². The number of anilines is 1. The van der Waals surface area contributed by atoms with Crippen molar-refractivity contribution in [3.63, 3.8) is 0 Å². The molecular weight excluding hydrogens is 255 g/mol. The topological polar surface area (TPSA) is 48.1 Å². The Morgan fingerprint density at radius 3 is 2.65 bits per heavy atom. The van der Waals surface area contributed by atoms with Gasteiger partial charge in [-0.15, -0.1) is 0 Å². The summed E-state index contributed by atoms with van der Waals surface area (Å²) in [6, 6.07) is 13.8. The van der Waals surface area contributed by atoms with Gasteiger partial charge in [0.15, 0.2) is 0 Å². The van der Waals surface area contributed by atoms with Crippen LogP contribution in [-0.4, -0.2) is 4.98 Å². The minimum atomic E-state index is -0.248. The van der Waals surface area contributed by atoms with Gasteiger partial charge in [0.25, 0.3) is 0 Å². The third-order valence-corrected chi connectivity index (χ3v) is 3.09. The number of fused-ring (bicyclic) bond motifs is 1. The van der Waals surface area contributed by atoms with E-state index < -0.39 is 0 Å². The van der Waals surface area contributed by atoms with Gasteiger partial charge in [-0.2, -0.15) is 0 Å². The molecule has 2 N–H and O–H groups in total. The molecule has 0 aliphatic rings. The molecule has 0 aliphatic carbocycles. The maximum absolute atomic E-state index is 12.8. The second-order valence-electron chi connectivity index (χ2n) is 4.49. The van der Waals surface area contributed by atoms with Crippen molar-refractivity contribution in [2.75, 3.05) is 5.73 Å². The molecule has 0 saturated carbocycles. The zero-order chi connectivity index (χ0) is 13.9. The predicted octanol–water partition coefficient (Wildman–Crippen LogP) is 3.54. The molecule has 0 radical (unpaired) electrons. The zero-order valence-corrected chi connectivity index (χ0v) is 10.7. The Labute approximate surface area is 115 Å². The number of pyridine rings is 1. The van der Waals surface area contributed by atoms with Gasteiger partial charge < -0.3 is 10.5 Å². The van der Waals surface area contributed by atoms with E-state index >= 15 is 0 Å². The van der Waals surface area contributed by atoms with Gasteiger partial charge in [0.05, 0.1) is 0 Å². The van der Waals surface area contributed by atoms with Crippen LogP contribution in [0.15, 0.2) is 54.7 Å². The monoisotopic (exact) mass is 268 g/mol. The molecule has 0 unspecified atom stereocenters. The Kier molecular flexibility index (Phi) is 3.21. The quantitative estimate of drug-likeness (QED) is 0.790. The van der Waals surface area contributed by atoms with Crippen LogP contribution in [0.4, 0.5) is 10.2 Å². The van der Waals surface area contributed by atoms with Crippen molar-refractivity contribution < 1.29 is 9.13 Å². The lowest BCUT2D eigenvalue weighted by Crippen LogP contribution is -1.96. The molecular formula is C16H13FN2O. The number of nitrogens with two attached hydrogens (primary N) is 1. The van der Waals surface area contributed by atoms with E-state index in [-0.39, 0.29) is 5.82 Å². The van der Waals surface area contributed by atoms with Gasteiger partial charge in [-0.3, -0.25) is 0 Å². The van der Waals surface area contributed by atoms with Crippen LogP contribution in [0, 0.1) is 5.82 Å². The number of rotatable bonds is 3. The molecule has 0 bridgehead atoms. The number of nitrogens with zero attached hydrogens (tertiary/aromatic N) is 1. The summed E-state index contributed by atoms with van der Waals surface area (Å²) in [5.74, 6) is 1.00. The SMILES string of the molecule is Nc1nccc2cc(OCc3ccc(F)cc3)ccc12. The number of nitrogen functional groups attached to an aromatic ring is 1. The number of ether oxygens (including phenoxy) is 1. The lowest BCUT2D eigenvalue weighted by atomic mass is 10.1. The van der Waals surface area contributed by atoms with Gasteiger partial charge >= 0.3 is 0 Å². The molecule has 20 heavy (non-hydrogen) atoms. The molecule has 3 nitrogen and oxygen atoms in total. The van der Waals surface area contributed by atoms with Crippen LogP contribution in [0.5, 0.6) is 5.75 Å². The van der Waals surface area contributed by atoms with Gasteiger partial charge in [0.2, 0.25) is 0 Å². The van der Waals surface area contributed by atoms with Crippen molar-refractivity contribution in [1.82, 2.24) is 4.98 Å². The summed E-state index contributed by atoms with van der Waals surface area (Å²) >= 11 is 0. The molecule has 1 aromatic heterocycles. The average molecular weight is 268 g/mol. The molecule has 2 aromatic carbocycles. The predicted molar refractivity (Wildman–Crippen MR) is 76.9 cm³/mol. The molecule has 0 amide bonds. The fraction of sp³-hybridized carbons (Fsp3) is 0.0625. The van der Waals surface area contributed by atoms with Gasteiger partial charge in [-0.05, 0) is 47.3 Å². The number of halogens is 1. The van der Waals surface area contributed by atoms with Crippen LogP contribution < -0.4 is 10.5 Å². The van der Waals surface area contributed by atoms with Gasteiger partial charge in [-0.1, -0.05) is 12.1 Å². The Bertz CT molecular complexity index is 741. The fourth-order valence-corrected chi connectivity index (χ4v) is 2.02. The van der Waals surface area contributed by atoms with Gasteiger partial charge in [0.1, 0.15) is 24.0 Å². The average Bonchev–Trinajstić information content (AvgIpc) is 2.47. The second kappa shape index (κ2) is 5.17. The van der Waals surface area contributed by atoms with E-state index in [9.17, 15) is 4.39 Å². The Balaban J connectivity index is 1.79. The highest BCUT2D eigenvalue weighted by atomic mass is 19.1. The summed E-state index contributed by atoms with van der Waals surface area (Å²) in [7, 11) is 0. The van der Waals surface area contributed by atoms with E-state index in [4.69, 9.17) is 10.5 Å². The van der Waals surface area contributed by atoms with E-state index in [0.29, 0.717) is 12.4 Å². The van der Waals surface area contributed by atoms with Crippen LogP contribution in [0.1, 0.15) is 5.56 Å². The second-order valence-corrected chi connectivity index (χ2v) is 4.49. The minimum absolute atomic E-state index is 0.248. The van der Waals surface area contributed by atoms with Crippen molar-refractivity contribution >= 4 is 16.6 Å². The fourth-order valence-electron chi connectivity index (χ4n) is 2.02. The summed E-state index contributed by atoms with van der Waals surface area (Å²) in [6.07, 6.45) is 1.67. The Morgan fingerprint density at radius 1 is 1.05 bits per heavy atom. The van der Waals surface area contributed by atoms with Crippen LogP contribution in [-0.2, 0) is 6.61 Å². The van der Waals surface area contributed by atoms with Crippen LogP contribution >= 0.6 is 0 Å². The first-order valence-electron chi connectivity index (χ1n) is 6.24. The van der Waals surface area contributed by atoms with Crippen molar-refractivity contribution in [2.45, 2.75) is 6.61 Å². The highest BCUT2D eigenvalue weighted by molar-refractivity contribution is 5.91. The molecule has 0 spiro atoms. The number of hydrogen-bond donors (Lipinski definition) is 1. The largest absolute Gasteiger partial charge is 0.489 e. The molecule has 3 aromatic rings. The van der Waals surface area contributed by atoms with Crippen LogP contribution in [0.2, 0.25) is 0 Å². The molecule has 0 saturated heterocycles. The maximum Gasteiger partial charge on any atom is 0.131 e.